The van der Waals surface area contributed by atoms with Crippen LogP contribution in [0.4, 0.5) is 10.5 Å². The molecule has 2 aromatic rings. The summed E-state index contributed by atoms with van der Waals surface area (Å²) in [7, 11) is 2.72. The second-order valence-corrected chi connectivity index (χ2v) is 7.76. The lowest BCUT2D eigenvalue weighted by Crippen LogP contribution is -2.31. The topological polar surface area (TPSA) is 89.8 Å². The van der Waals surface area contributed by atoms with E-state index in [1.165, 1.54) is 0 Å². The van der Waals surface area contributed by atoms with Gasteiger partial charge in [0.2, 0.25) is 0 Å². The van der Waals surface area contributed by atoms with Crippen LogP contribution in [0.3, 0.4) is 0 Å². The van der Waals surface area contributed by atoms with Gasteiger partial charge in [-0.25, -0.2) is 4.79 Å². The average Bonchev–Trinajstić information content (AvgIpc) is 3.44. The van der Waals surface area contributed by atoms with E-state index >= 15 is 0 Å². The number of benzene rings is 1. The second-order valence-electron chi connectivity index (χ2n) is 7.76. The van der Waals surface area contributed by atoms with E-state index in [1.54, 1.807) is 36.0 Å². The van der Waals surface area contributed by atoms with E-state index in [9.17, 15) is 14.7 Å². The van der Waals surface area contributed by atoms with Crippen LogP contribution in [-0.4, -0.2) is 41.0 Å². The number of fused-ring (bicyclic) bond motifs is 1. The molecule has 7 heteroatoms. The maximum atomic E-state index is 12.4. The number of amides is 1. The van der Waals surface area contributed by atoms with Crippen molar-refractivity contribution in [2.45, 2.75) is 50.7 Å². The van der Waals surface area contributed by atoms with Crippen LogP contribution < -0.4 is 5.32 Å². The predicted octanol–water partition coefficient (Wildman–Crippen LogP) is 4.50. The van der Waals surface area contributed by atoms with Gasteiger partial charge in [0.1, 0.15) is 6.10 Å². The third-order valence-corrected chi connectivity index (χ3v) is 5.61. The third-order valence-electron chi connectivity index (χ3n) is 5.61. The molecule has 4 rings (SSSR count). The molecule has 3 unspecified atom stereocenters. The van der Waals surface area contributed by atoms with Crippen LogP contribution in [0.15, 0.2) is 36.5 Å². The molecule has 0 bridgehead atoms. The molecule has 1 amide bonds. The third kappa shape index (κ3) is 4.77. The molecule has 166 valence electrons. The molecular formula is C24H30N2O5. The van der Waals surface area contributed by atoms with E-state index in [2.05, 4.69) is 5.32 Å². The first-order valence-corrected chi connectivity index (χ1v) is 10.2. The van der Waals surface area contributed by atoms with Gasteiger partial charge < -0.3 is 19.1 Å². The molecule has 1 saturated carbocycles. The van der Waals surface area contributed by atoms with E-state index in [4.69, 9.17) is 17.7 Å². The SMILES string of the molecule is [2H]C1=CC([2H])(C(=O)O)C([2H])([2H])C([2H])(OC)C1([2H])Cc1cn(C)c2ccc(NC(=O)OC3CCCC3)cc12. The van der Waals surface area contributed by atoms with Gasteiger partial charge in [0.15, 0.2) is 0 Å². The zero-order valence-corrected chi connectivity index (χ0v) is 17.5. The van der Waals surface area contributed by atoms with Crippen molar-refractivity contribution in [3.8, 4) is 0 Å². The summed E-state index contributed by atoms with van der Waals surface area (Å²) in [5.41, 5.74) is 1.61. The first kappa shape index (κ1) is 15.1. The number of aromatic nitrogens is 1. The number of carboxylic acid groups (broad SMARTS) is 1. The molecule has 7 nitrogen and oxygen atoms in total. The molecular weight excluding hydrogens is 396 g/mol. The van der Waals surface area contributed by atoms with Crippen molar-refractivity contribution in [3.05, 3.63) is 42.1 Å². The Morgan fingerprint density at radius 3 is 2.87 bits per heavy atom. The van der Waals surface area contributed by atoms with Gasteiger partial charge in [-0.05, 0) is 62.2 Å². The minimum absolute atomic E-state index is 0.114. The number of nitrogens with one attached hydrogen (secondary N) is 1. The van der Waals surface area contributed by atoms with Gasteiger partial charge in [-0.15, -0.1) is 0 Å². The quantitative estimate of drug-likeness (QED) is 0.656. The Hall–Kier alpha value is -2.80. The number of carbonyl (C=O) groups is 2. The fraction of sp³-hybridized carbons (Fsp3) is 0.500. The van der Waals surface area contributed by atoms with E-state index in [1.807, 2.05) is 0 Å². The van der Waals surface area contributed by atoms with Crippen LogP contribution in [0.2, 0.25) is 0 Å². The number of aliphatic carboxylic acids is 1. The summed E-state index contributed by atoms with van der Waals surface area (Å²) < 4.78 is 63.7. The number of carboxylic acids is 1. The highest BCUT2D eigenvalue weighted by atomic mass is 16.6. The first-order chi connectivity index (χ1) is 17.2. The van der Waals surface area contributed by atoms with Gasteiger partial charge >= 0.3 is 12.1 Å². The number of nitrogens with zero attached hydrogens (tertiary/aromatic N) is 1. The largest absolute Gasteiger partial charge is 0.481 e. The normalized spacial score (nSPS) is 35.7. The van der Waals surface area contributed by atoms with Crippen molar-refractivity contribution in [3.63, 3.8) is 0 Å². The van der Waals surface area contributed by atoms with E-state index in [-0.39, 0.29) is 12.5 Å². The monoisotopic (exact) mass is 432 g/mol. The van der Waals surface area contributed by atoms with Gasteiger partial charge in [-0.3, -0.25) is 10.1 Å². The molecule has 1 aromatic heterocycles. The Balaban J connectivity index is 1.73. The summed E-state index contributed by atoms with van der Waals surface area (Å²) in [6, 6.07) is 4.41. The molecule has 31 heavy (non-hydrogen) atoms. The van der Waals surface area contributed by atoms with Gasteiger partial charge in [0.25, 0.3) is 0 Å². The highest BCUT2D eigenvalue weighted by Gasteiger charge is 2.30. The Morgan fingerprint density at radius 1 is 1.39 bits per heavy atom. The van der Waals surface area contributed by atoms with Gasteiger partial charge in [0.05, 0.1) is 14.7 Å². The maximum Gasteiger partial charge on any atom is 0.411 e. The number of ether oxygens (including phenoxy) is 2. The van der Waals surface area contributed by atoms with Crippen molar-refractivity contribution >= 4 is 28.7 Å². The van der Waals surface area contributed by atoms with Gasteiger partial charge in [0, 0.05) is 48.3 Å². The average molecular weight is 433 g/mol. The molecule has 2 aliphatic carbocycles. The van der Waals surface area contributed by atoms with Crippen molar-refractivity contribution in [1.82, 2.24) is 4.57 Å². The number of anilines is 1. The standard InChI is InChI=1S/C24H30N2O5/c1-26-14-17(11-15-7-8-16(23(27)28)12-22(15)30-2)20-13-18(9-10-21(20)26)25-24(29)31-19-5-3-4-6-19/h7-10,13-16,19,22H,3-6,11-12H2,1-2H3,(H,25,29)(H,27,28)/i7D,12D2,15D,16D,22D. The highest BCUT2D eigenvalue weighted by Crippen LogP contribution is 2.32. The molecule has 0 saturated heterocycles. The van der Waals surface area contributed by atoms with Crippen LogP contribution in [0, 0.1) is 11.8 Å². The summed E-state index contributed by atoms with van der Waals surface area (Å²) >= 11 is 0. The molecule has 0 spiro atoms. The number of rotatable bonds is 6. The molecule has 2 N–H and O–H groups in total. The molecule has 1 aromatic carbocycles. The zero-order chi connectivity index (χ0) is 27.4. The Kier molecular flexibility index (Phi) is 4.44. The van der Waals surface area contributed by atoms with Crippen LogP contribution in [0.5, 0.6) is 0 Å². The van der Waals surface area contributed by atoms with Crippen molar-refractivity contribution in [2.24, 2.45) is 18.8 Å². The summed E-state index contributed by atoms with van der Waals surface area (Å²) in [6.45, 7) is 0. The number of aryl methyl sites for hydroxylation is 1. The summed E-state index contributed by atoms with van der Waals surface area (Å²) in [5, 5.41) is 12.9. The van der Waals surface area contributed by atoms with Crippen molar-refractivity contribution < 1.29 is 32.4 Å². The molecule has 3 atom stereocenters. The lowest BCUT2D eigenvalue weighted by atomic mass is 9.82. The van der Waals surface area contributed by atoms with Crippen LogP contribution in [0.1, 0.15) is 45.8 Å². The minimum atomic E-state index is -3.19. The van der Waals surface area contributed by atoms with Crippen LogP contribution in [-0.2, 0) is 27.7 Å². The van der Waals surface area contributed by atoms with Crippen LogP contribution in [0.25, 0.3) is 10.9 Å². The Morgan fingerprint density at radius 2 is 2.16 bits per heavy atom. The summed E-state index contributed by atoms with van der Waals surface area (Å²) in [5.74, 6) is -7.28. The molecule has 0 radical (unpaired) electrons. The van der Waals surface area contributed by atoms with E-state index in [0.717, 1.165) is 38.3 Å². The zero-order valence-electron chi connectivity index (χ0n) is 23.5. The smallest absolute Gasteiger partial charge is 0.411 e. The van der Waals surface area contributed by atoms with Gasteiger partial charge in [-0.2, -0.15) is 0 Å². The minimum Gasteiger partial charge on any atom is -0.481 e. The number of methoxy groups -OCH3 is 1. The molecule has 0 aliphatic heterocycles. The van der Waals surface area contributed by atoms with E-state index in [0.29, 0.717) is 22.7 Å². The van der Waals surface area contributed by atoms with E-state index < -0.39 is 42.4 Å². The molecule has 1 heterocycles. The Labute approximate surface area is 190 Å². The summed E-state index contributed by atoms with van der Waals surface area (Å²) in [6.07, 6.45) is -1.25. The fourth-order valence-electron chi connectivity index (χ4n) is 4.07. The van der Waals surface area contributed by atoms with Crippen molar-refractivity contribution in [2.75, 3.05) is 12.4 Å². The van der Waals surface area contributed by atoms with Crippen LogP contribution >= 0.6 is 0 Å². The molecule has 2 aliphatic rings. The number of hydrogen-bond donors (Lipinski definition) is 2. The first-order valence-electron chi connectivity index (χ1n) is 13.2. The Bertz CT molecular complexity index is 1280. The number of carbonyl (C=O) groups excluding carboxylic acids is 1. The maximum absolute atomic E-state index is 12.4. The highest BCUT2D eigenvalue weighted by molar-refractivity contribution is 5.92. The lowest BCUT2D eigenvalue weighted by Gasteiger charge is -2.29. The fourth-order valence-corrected chi connectivity index (χ4v) is 4.07. The molecule has 1 fully saturated rings. The second kappa shape index (κ2) is 9.14. The lowest BCUT2D eigenvalue weighted by molar-refractivity contribution is -0.141. The van der Waals surface area contributed by atoms with Crippen molar-refractivity contribution in [1.29, 1.82) is 0 Å². The number of hydrogen-bond acceptors (Lipinski definition) is 4. The van der Waals surface area contributed by atoms with Gasteiger partial charge in [-0.1, -0.05) is 12.1 Å². The summed E-state index contributed by atoms with van der Waals surface area (Å²) in [4.78, 5) is 24.2. The predicted molar refractivity (Wildman–Crippen MR) is 118 cm³/mol.